The van der Waals surface area contributed by atoms with Crippen LogP contribution in [-0.2, 0) is 11.2 Å². The summed E-state index contributed by atoms with van der Waals surface area (Å²) in [4.78, 5) is 11.7. The maximum absolute atomic E-state index is 13.7. The second-order valence-electron chi connectivity index (χ2n) is 4.42. The third-order valence-electron chi connectivity index (χ3n) is 2.89. The number of ether oxygens (including phenoxy) is 1. The molecule has 0 heterocycles. The van der Waals surface area contributed by atoms with Crippen molar-refractivity contribution in [1.29, 1.82) is 0 Å². The van der Waals surface area contributed by atoms with Crippen LogP contribution in [0.5, 0.6) is 5.75 Å². The lowest BCUT2D eigenvalue weighted by Crippen LogP contribution is -2.16. The van der Waals surface area contributed by atoms with Crippen LogP contribution in [0.3, 0.4) is 0 Å². The van der Waals surface area contributed by atoms with E-state index < -0.39 is 0 Å². The number of carbonyl (C=O) groups is 1. The first-order chi connectivity index (χ1) is 9.58. The van der Waals surface area contributed by atoms with Gasteiger partial charge in [0.15, 0.2) is 0 Å². The Bertz CT molecular complexity index is 443. The Labute approximate surface area is 128 Å². The Morgan fingerprint density at radius 2 is 2.30 bits per heavy atom. The van der Waals surface area contributed by atoms with E-state index in [-0.39, 0.29) is 16.9 Å². The van der Waals surface area contributed by atoms with Crippen LogP contribution in [-0.4, -0.2) is 31.2 Å². The minimum absolute atomic E-state index is 0.0749. The van der Waals surface area contributed by atoms with Crippen molar-refractivity contribution in [1.82, 2.24) is 5.32 Å². The molecule has 0 radical (unpaired) electrons. The van der Waals surface area contributed by atoms with Gasteiger partial charge in [0.1, 0.15) is 24.0 Å². The molecule has 1 aromatic carbocycles. The van der Waals surface area contributed by atoms with Crippen molar-refractivity contribution in [3.8, 4) is 5.75 Å². The van der Waals surface area contributed by atoms with Crippen molar-refractivity contribution in [2.75, 3.05) is 20.2 Å². The van der Waals surface area contributed by atoms with Gasteiger partial charge in [0.05, 0.1) is 5.25 Å². The average molecular weight is 317 g/mol. The zero-order valence-corrected chi connectivity index (χ0v) is 13.4. The number of benzene rings is 1. The number of thiol groups is 1. The largest absolute Gasteiger partial charge is 0.492 e. The number of rotatable bonds is 9. The lowest BCUT2D eigenvalue weighted by Gasteiger charge is -2.10. The van der Waals surface area contributed by atoms with Gasteiger partial charge in [-0.25, -0.2) is 4.39 Å². The van der Waals surface area contributed by atoms with Crippen LogP contribution in [0.1, 0.15) is 18.9 Å². The van der Waals surface area contributed by atoms with E-state index in [0.717, 1.165) is 6.54 Å². The molecule has 112 valence electrons. The van der Waals surface area contributed by atoms with Gasteiger partial charge < -0.3 is 10.1 Å². The number of hydrogen-bond acceptors (Lipinski definition) is 5. The van der Waals surface area contributed by atoms with Gasteiger partial charge in [-0.05, 0) is 44.2 Å². The average Bonchev–Trinajstić information content (AvgIpc) is 2.46. The molecule has 0 aliphatic rings. The van der Waals surface area contributed by atoms with Crippen LogP contribution in [0.25, 0.3) is 0 Å². The summed E-state index contributed by atoms with van der Waals surface area (Å²) < 4.78 is 19.2. The monoisotopic (exact) mass is 317 g/mol. The van der Waals surface area contributed by atoms with Crippen LogP contribution < -0.4 is 10.1 Å². The van der Waals surface area contributed by atoms with Gasteiger partial charge in [-0.2, -0.15) is 0 Å². The molecule has 1 N–H and O–H groups in total. The number of Topliss-reactive ketones (excluding diaryl/α,β-unsaturated/α-hetero) is 1. The minimum atomic E-state index is -0.301. The third-order valence-corrected chi connectivity index (χ3v) is 4.42. The SMILES string of the molecule is CNCCOc1ccc(F)c(CCC(=O)C(C)SS)c1. The zero-order chi connectivity index (χ0) is 15.0. The van der Waals surface area contributed by atoms with E-state index in [1.165, 1.54) is 16.9 Å². The van der Waals surface area contributed by atoms with Crippen molar-refractivity contribution in [2.24, 2.45) is 0 Å². The van der Waals surface area contributed by atoms with E-state index in [0.29, 0.717) is 30.8 Å². The van der Waals surface area contributed by atoms with E-state index >= 15 is 0 Å². The molecule has 0 aliphatic carbocycles. The second-order valence-corrected chi connectivity index (χ2v) is 5.97. The van der Waals surface area contributed by atoms with Crippen LogP contribution in [0.2, 0.25) is 0 Å². The topological polar surface area (TPSA) is 38.3 Å². The fraction of sp³-hybridized carbons (Fsp3) is 0.500. The van der Waals surface area contributed by atoms with Gasteiger partial charge in [-0.3, -0.25) is 4.79 Å². The minimum Gasteiger partial charge on any atom is -0.492 e. The Morgan fingerprint density at radius 3 is 2.95 bits per heavy atom. The third kappa shape index (κ3) is 5.73. The molecule has 1 unspecified atom stereocenters. The van der Waals surface area contributed by atoms with Crippen molar-refractivity contribution in [2.45, 2.75) is 25.0 Å². The highest BCUT2D eigenvalue weighted by atomic mass is 33.1. The first-order valence-corrected chi connectivity index (χ1v) is 8.40. The molecule has 0 spiro atoms. The van der Waals surface area contributed by atoms with Gasteiger partial charge in [0.25, 0.3) is 0 Å². The molecule has 0 saturated carbocycles. The second kappa shape index (κ2) is 9.26. The van der Waals surface area contributed by atoms with Crippen molar-refractivity contribution in [3.63, 3.8) is 0 Å². The Morgan fingerprint density at radius 1 is 1.55 bits per heavy atom. The normalized spacial score (nSPS) is 12.2. The molecule has 1 atom stereocenters. The summed E-state index contributed by atoms with van der Waals surface area (Å²) in [6.07, 6.45) is 0.693. The molecule has 1 rings (SSSR count). The number of nitrogens with one attached hydrogen (secondary N) is 1. The molecular weight excluding hydrogens is 297 g/mol. The maximum atomic E-state index is 13.7. The van der Waals surface area contributed by atoms with Crippen LogP contribution in [0, 0.1) is 5.82 Å². The van der Waals surface area contributed by atoms with E-state index in [1.54, 1.807) is 19.1 Å². The van der Waals surface area contributed by atoms with Crippen LogP contribution in [0.4, 0.5) is 4.39 Å². The summed E-state index contributed by atoms with van der Waals surface area (Å²) in [5.41, 5.74) is 0.511. The Balaban J connectivity index is 2.60. The molecule has 1 aromatic rings. The summed E-state index contributed by atoms with van der Waals surface area (Å²) >= 11 is 4.02. The molecule has 0 saturated heterocycles. The van der Waals surface area contributed by atoms with Gasteiger partial charge in [0.2, 0.25) is 0 Å². The van der Waals surface area contributed by atoms with Gasteiger partial charge >= 0.3 is 0 Å². The molecule has 20 heavy (non-hydrogen) atoms. The van der Waals surface area contributed by atoms with Crippen molar-refractivity contribution >= 4 is 28.2 Å². The highest BCUT2D eigenvalue weighted by Crippen LogP contribution is 2.21. The molecular formula is C14H20FNO2S2. The number of hydrogen-bond donors (Lipinski definition) is 2. The lowest BCUT2D eigenvalue weighted by molar-refractivity contribution is -0.118. The van der Waals surface area contributed by atoms with E-state index in [2.05, 4.69) is 17.0 Å². The molecule has 0 fully saturated rings. The van der Waals surface area contributed by atoms with Gasteiger partial charge in [-0.15, -0.1) is 11.7 Å². The molecule has 6 heteroatoms. The first-order valence-electron chi connectivity index (χ1n) is 6.47. The summed E-state index contributed by atoms with van der Waals surface area (Å²) in [5, 5.41) is 2.80. The molecule has 0 bridgehead atoms. The predicted octanol–water partition coefficient (Wildman–Crippen LogP) is 2.89. The fourth-order valence-electron chi connectivity index (χ4n) is 1.62. The lowest BCUT2D eigenvalue weighted by atomic mass is 10.1. The van der Waals surface area contributed by atoms with Gasteiger partial charge in [0, 0.05) is 13.0 Å². The van der Waals surface area contributed by atoms with Gasteiger partial charge in [-0.1, -0.05) is 10.8 Å². The van der Waals surface area contributed by atoms with Crippen molar-refractivity contribution in [3.05, 3.63) is 29.6 Å². The quantitative estimate of drug-likeness (QED) is 0.417. The number of likely N-dealkylation sites (N-methyl/N-ethyl adjacent to an activating group) is 1. The van der Waals surface area contributed by atoms with E-state index in [4.69, 9.17) is 4.74 Å². The molecule has 0 aliphatic heterocycles. The smallest absolute Gasteiger partial charge is 0.146 e. The van der Waals surface area contributed by atoms with Crippen LogP contribution in [0.15, 0.2) is 18.2 Å². The number of aryl methyl sites for hydroxylation is 1. The van der Waals surface area contributed by atoms with Crippen LogP contribution >= 0.6 is 22.5 Å². The fourth-order valence-corrected chi connectivity index (χ4v) is 2.21. The summed E-state index contributed by atoms with van der Waals surface area (Å²) in [5.74, 6) is 0.400. The summed E-state index contributed by atoms with van der Waals surface area (Å²) in [6.45, 7) is 3.04. The standard InChI is InChI=1S/C14H20FNO2S2/c1-10(20-19)14(17)6-3-11-9-12(4-5-13(11)15)18-8-7-16-2/h4-5,9-10,16,19H,3,6-8H2,1-2H3. The molecule has 3 nitrogen and oxygen atoms in total. The van der Waals surface area contributed by atoms with E-state index in [9.17, 15) is 9.18 Å². The molecule has 0 amide bonds. The predicted molar refractivity (Wildman–Crippen MR) is 85.2 cm³/mol. The number of carbonyl (C=O) groups excluding carboxylic acids is 1. The Kier molecular flexibility index (Phi) is 8.02. The highest BCUT2D eigenvalue weighted by molar-refractivity contribution is 8.69. The number of halogens is 1. The zero-order valence-electron chi connectivity index (χ0n) is 11.7. The maximum Gasteiger partial charge on any atom is 0.146 e. The molecule has 0 aromatic heterocycles. The number of ketones is 1. The summed E-state index contributed by atoms with van der Waals surface area (Å²) in [6, 6.07) is 4.64. The highest BCUT2D eigenvalue weighted by Gasteiger charge is 2.13. The van der Waals surface area contributed by atoms with Crippen molar-refractivity contribution < 1.29 is 13.9 Å². The Hall–Kier alpha value is -0.720. The summed E-state index contributed by atoms with van der Waals surface area (Å²) in [7, 11) is 3.05. The van der Waals surface area contributed by atoms with E-state index in [1.807, 2.05) is 7.05 Å². The first kappa shape index (κ1) is 17.3.